The summed E-state index contributed by atoms with van der Waals surface area (Å²) in [6.45, 7) is 4.00. The molecule has 1 aromatic carbocycles. The van der Waals surface area contributed by atoms with Crippen LogP contribution < -0.4 is 5.32 Å². The molecule has 4 saturated carbocycles. The molecule has 2 heterocycles. The second-order valence-corrected chi connectivity index (χ2v) is 10.8. The second kappa shape index (κ2) is 6.76. The number of furan rings is 1. The maximum atomic E-state index is 12.7. The number of carbonyl (C=O) groups excluding carboxylic acids is 1. The molecule has 0 unspecified atom stereocenters. The maximum Gasteiger partial charge on any atom is 0.287 e. The van der Waals surface area contributed by atoms with Gasteiger partial charge in [-0.1, -0.05) is 13.8 Å². The lowest BCUT2D eigenvalue weighted by Crippen LogP contribution is -2.76. The molecule has 7 rings (SSSR count). The second-order valence-electron chi connectivity index (χ2n) is 8.58. The van der Waals surface area contributed by atoms with Crippen molar-refractivity contribution in [3.05, 3.63) is 46.9 Å². The van der Waals surface area contributed by atoms with Crippen molar-refractivity contribution in [2.45, 2.75) is 61.7 Å². The first-order valence-corrected chi connectivity index (χ1v) is 12.6. The van der Waals surface area contributed by atoms with Crippen molar-refractivity contribution < 1.29 is 14.3 Å². The van der Waals surface area contributed by atoms with Crippen LogP contribution in [-0.4, -0.2) is 27.8 Å². The molecule has 0 spiro atoms. The summed E-state index contributed by atoms with van der Waals surface area (Å²) < 4.78 is 7.00. The van der Waals surface area contributed by atoms with Crippen LogP contribution in [-0.2, 0) is 10.2 Å². The van der Waals surface area contributed by atoms with E-state index in [-0.39, 0.29) is 27.4 Å². The molecule has 0 atom stereocenters. The van der Waals surface area contributed by atoms with Crippen LogP contribution in [0.1, 0.15) is 67.3 Å². The molecule has 3 aromatic rings. The van der Waals surface area contributed by atoms with Gasteiger partial charge in [0.1, 0.15) is 16.5 Å². The van der Waals surface area contributed by atoms with Crippen molar-refractivity contribution in [3.63, 3.8) is 0 Å². The summed E-state index contributed by atoms with van der Waals surface area (Å²) in [7, 11) is 0. The van der Waals surface area contributed by atoms with Crippen molar-refractivity contribution in [2.24, 2.45) is 0 Å². The number of phenols is 1. The fourth-order valence-corrected chi connectivity index (χ4v) is 6.96. The van der Waals surface area contributed by atoms with Crippen LogP contribution in [0.2, 0.25) is 0 Å². The molecule has 0 radical (unpaired) electrons. The van der Waals surface area contributed by atoms with E-state index in [0.29, 0.717) is 5.76 Å². The molecule has 4 aliphatic carbocycles. The van der Waals surface area contributed by atoms with Gasteiger partial charge in [-0.15, -0.1) is 11.3 Å². The molecule has 7 heteroatoms. The summed E-state index contributed by atoms with van der Waals surface area (Å²) in [6, 6.07) is 9.08. The Kier molecular flexibility index (Phi) is 4.49. The number of fused-ring (bicyclic) bond motifs is 1. The van der Waals surface area contributed by atoms with Gasteiger partial charge in [0.2, 0.25) is 0 Å². The number of thioether (sulfide) groups is 1. The van der Waals surface area contributed by atoms with Crippen LogP contribution >= 0.6 is 23.1 Å². The zero-order valence-corrected chi connectivity index (χ0v) is 19.1. The van der Waals surface area contributed by atoms with E-state index in [9.17, 15) is 9.90 Å². The van der Waals surface area contributed by atoms with E-state index in [4.69, 9.17) is 9.40 Å². The van der Waals surface area contributed by atoms with Crippen LogP contribution in [0, 0.1) is 0 Å². The molecule has 2 N–H and O–H groups in total. The minimum atomic E-state index is -0.110. The minimum absolute atomic E-state index is 0.0951. The van der Waals surface area contributed by atoms with Gasteiger partial charge in [-0.2, -0.15) is 11.8 Å². The summed E-state index contributed by atoms with van der Waals surface area (Å²) in [5, 5.41) is 14.0. The Morgan fingerprint density at radius 2 is 1.93 bits per heavy atom. The lowest BCUT2D eigenvalue weighted by molar-refractivity contribution is -0.0811. The van der Waals surface area contributed by atoms with Crippen LogP contribution in [0.15, 0.2) is 34.7 Å². The normalized spacial score (nSPS) is 27.4. The first-order valence-electron chi connectivity index (χ1n) is 10.5. The average molecular weight is 443 g/mol. The number of carbonyl (C=O) groups is 1. The third-order valence-corrected chi connectivity index (χ3v) is 9.26. The van der Waals surface area contributed by atoms with Crippen LogP contribution in [0.4, 0.5) is 0 Å². The lowest BCUT2D eigenvalue weighted by atomic mass is 9.39. The highest BCUT2D eigenvalue weighted by molar-refractivity contribution is 7.99. The topological polar surface area (TPSA) is 75.4 Å². The fourth-order valence-electron chi connectivity index (χ4n) is 4.96. The molecule has 2 bridgehead atoms. The Bertz CT molecular complexity index is 1110. The Balaban J connectivity index is 0.000000937. The first kappa shape index (κ1) is 19.9. The number of amides is 1. The molecule has 4 aliphatic rings. The van der Waals surface area contributed by atoms with Crippen molar-refractivity contribution in [3.8, 4) is 5.75 Å². The average Bonchev–Trinajstić information content (AvgIpc) is 3.13. The molecule has 158 valence electrons. The summed E-state index contributed by atoms with van der Waals surface area (Å²) in [5.41, 5.74) is 0.921. The van der Waals surface area contributed by atoms with Gasteiger partial charge in [0.05, 0.1) is 15.0 Å². The highest BCUT2D eigenvalue weighted by Gasteiger charge is 2.70. The quantitative estimate of drug-likeness (QED) is 0.540. The first-order chi connectivity index (χ1) is 14.4. The highest BCUT2D eigenvalue weighted by atomic mass is 32.2. The summed E-state index contributed by atoms with van der Waals surface area (Å²) in [4.78, 5) is 17.5. The Hall–Kier alpha value is -1.99. The summed E-state index contributed by atoms with van der Waals surface area (Å²) >= 11 is 3.46. The number of hydrogen-bond acceptors (Lipinski definition) is 6. The number of thiazole rings is 1. The van der Waals surface area contributed by atoms with Gasteiger partial charge in [-0.25, -0.2) is 4.98 Å². The largest absolute Gasteiger partial charge is 0.508 e. The smallest absolute Gasteiger partial charge is 0.287 e. The molecular formula is C23H26N2O3S2. The number of phenolic OH excluding ortho intramolecular Hbond substituents is 1. The number of aromatic hydroxyl groups is 1. The van der Waals surface area contributed by atoms with Crippen molar-refractivity contribution >= 4 is 39.2 Å². The van der Waals surface area contributed by atoms with Gasteiger partial charge in [0.15, 0.2) is 5.76 Å². The number of rotatable bonds is 5. The SMILES string of the molecule is CC.CSC1(c2ccc(C(=O)NC34CC(c5nc6ccc(O)cc6s5)(C3)C4)o2)CC1. The van der Waals surface area contributed by atoms with E-state index in [1.807, 2.05) is 32.0 Å². The fraction of sp³-hybridized carbons (Fsp3) is 0.478. The Labute approximate surface area is 184 Å². The Morgan fingerprint density at radius 1 is 1.20 bits per heavy atom. The third kappa shape index (κ3) is 2.89. The van der Waals surface area contributed by atoms with Gasteiger partial charge in [0, 0.05) is 11.0 Å². The van der Waals surface area contributed by atoms with Gasteiger partial charge < -0.3 is 14.8 Å². The van der Waals surface area contributed by atoms with E-state index in [1.54, 1.807) is 35.2 Å². The number of nitrogens with one attached hydrogen (secondary N) is 1. The number of aromatic nitrogens is 1. The van der Waals surface area contributed by atoms with Crippen molar-refractivity contribution in [2.75, 3.05) is 6.26 Å². The van der Waals surface area contributed by atoms with Gasteiger partial charge >= 0.3 is 0 Å². The lowest BCUT2D eigenvalue weighted by Gasteiger charge is -2.69. The standard InChI is InChI=1S/C21H20N2O3S2.C2H6/c1-27-21(6-7-21)16-5-4-14(26-16)17(25)23-20-9-19(10-20,11-20)18-22-13-3-2-12(24)8-15(13)28-18;1-2/h2-5,8,24H,6-7,9-11H2,1H3,(H,23,25);1-2H3. The molecule has 0 saturated heterocycles. The predicted molar refractivity (Wildman–Crippen MR) is 121 cm³/mol. The minimum Gasteiger partial charge on any atom is -0.508 e. The molecular weight excluding hydrogens is 416 g/mol. The summed E-state index contributed by atoms with van der Waals surface area (Å²) in [6.07, 6.45) is 7.13. The number of benzene rings is 1. The zero-order chi connectivity index (χ0) is 21.1. The monoisotopic (exact) mass is 442 g/mol. The van der Waals surface area contributed by atoms with Crippen molar-refractivity contribution in [1.29, 1.82) is 0 Å². The van der Waals surface area contributed by atoms with Crippen LogP contribution in [0.25, 0.3) is 10.2 Å². The molecule has 5 nitrogen and oxygen atoms in total. The van der Waals surface area contributed by atoms with Gasteiger partial charge in [0.25, 0.3) is 5.91 Å². The van der Waals surface area contributed by atoms with E-state index >= 15 is 0 Å². The Morgan fingerprint density at radius 3 is 2.60 bits per heavy atom. The van der Waals surface area contributed by atoms with Crippen LogP contribution in [0.3, 0.4) is 0 Å². The van der Waals surface area contributed by atoms with E-state index in [2.05, 4.69) is 11.6 Å². The number of hydrogen-bond donors (Lipinski definition) is 2. The molecule has 30 heavy (non-hydrogen) atoms. The van der Waals surface area contributed by atoms with E-state index in [1.165, 1.54) is 0 Å². The van der Waals surface area contributed by atoms with E-state index < -0.39 is 0 Å². The van der Waals surface area contributed by atoms with Gasteiger partial charge in [-0.3, -0.25) is 4.79 Å². The summed E-state index contributed by atoms with van der Waals surface area (Å²) in [5.74, 6) is 1.52. The number of nitrogens with zero attached hydrogens (tertiary/aromatic N) is 1. The third-order valence-electron chi connectivity index (χ3n) is 6.61. The van der Waals surface area contributed by atoms with Crippen molar-refractivity contribution in [1.82, 2.24) is 10.3 Å². The highest BCUT2D eigenvalue weighted by Crippen LogP contribution is 2.68. The van der Waals surface area contributed by atoms with E-state index in [0.717, 1.165) is 53.1 Å². The molecule has 1 amide bonds. The van der Waals surface area contributed by atoms with Gasteiger partial charge in [-0.05, 0) is 68.7 Å². The molecule has 2 aromatic heterocycles. The van der Waals surface area contributed by atoms with Crippen LogP contribution in [0.5, 0.6) is 5.75 Å². The maximum absolute atomic E-state index is 12.7. The molecule has 0 aliphatic heterocycles. The molecule has 4 fully saturated rings. The predicted octanol–water partition coefficient (Wildman–Crippen LogP) is 5.58. The zero-order valence-electron chi connectivity index (χ0n) is 17.4.